The Hall–Kier alpha value is -3.15. The van der Waals surface area contributed by atoms with Gasteiger partial charge in [0.25, 0.3) is 11.8 Å². The van der Waals surface area contributed by atoms with Crippen LogP contribution in [0.4, 0.5) is 5.69 Å². The van der Waals surface area contributed by atoms with E-state index in [-0.39, 0.29) is 18.5 Å². The number of esters is 1. The number of fused-ring (bicyclic) bond motifs is 1. The molecule has 11 heteroatoms. The van der Waals surface area contributed by atoms with Gasteiger partial charge >= 0.3 is 5.97 Å². The molecule has 0 saturated carbocycles. The van der Waals surface area contributed by atoms with Crippen molar-refractivity contribution in [2.24, 2.45) is 0 Å². The van der Waals surface area contributed by atoms with Crippen LogP contribution in [0.3, 0.4) is 0 Å². The minimum Gasteiger partial charge on any atom is -0.469 e. The van der Waals surface area contributed by atoms with Crippen LogP contribution in [0.25, 0.3) is 0 Å². The molecule has 3 aromatic carbocycles. The molecule has 38 heavy (non-hydrogen) atoms. The SMILES string of the molecule is COC(=O)CCNC(=O)C(c1ccc(Cl)cc1)N1C(=O)c2cc(I)ccc2NC(=O)C1c1ccc(Cl)cc1. The molecule has 1 aliphatic heterocycles. The van der Waals surface area contributed by atoms with Gasteiger partial charge in [0.2, 0.25) is 5.91 Å². The van der Waals surface area contributed by atoms with Crippen LogP contribution < -0.4 is 10.6 Å². The van der Waals surface area contributed by atoms with E-state index in [0.29, 0.717) is 26.9 Å². The van der Waals surface area contributed by atoms with Gasteiger partial charge in [-0.1, -0.05) is 47.5 Å². The third-order valence-corrected chi connectivity index (χ3v) is 7.16. The quantitative estimate of drug-likeness (QED) is 0.268. The van der Waals surface area contributed by atoms with E-state index in [1.807, 2.05) is 0 Å². The zero-order chi connectivity index (χ0) is 27.4. The summed E-state index contributed by atoms with van der Waals surface area (Å²) in [6.07, 6.45) is -0.0638. The molecule has 0 fully saturated rings. The van der Waals surface area contributed by atoms with Crippen molar-refractivity contribution in [2.75, 3.05) is 19.0 Å². The number of halogens is 3. The lowest BCUT2D eigenvalue weighted by molar-refractivity contribution is -0.140. The predicted molar refractivity (Wildman–Crippen MR) is 152 cm³/mol. The Labute approximate surface area is 242 Å². The third kappa shape index (κ3) is 6.11. The highest BCUT2D eigenvalue weighted by Crippen LogP contribution is 2.38. The Balaban J connectivity index is 1.88. The first-order valence-corrected chi connectivity index (χ1v) is 13.3. The van der Waals surface area contributed by atoms with Gasteiger partial charge in [-0.15, -0.1) is 0 Å². The van der Waals surface area contributed by atoms with E-state index in [0.717, 1.165) is 3.57 Å². The first kappa shape index (κ1) is 27.9. The largest absolute Gasteiger partial charge is 0.469 e. The van der Waals surface area contributed by atoms with Crippen LogP contribution in [-0.4, -0.2) is 42.2 Å². The molecule has 0 bridgehead atoms. The molecule has 0 radical (unpaired) electrons. The molecule has 2 unspecified atom stereocenters. The lowest BCUT2D eigenvalue weighted by atomic mass is 9.97. The van der Waals surface area contributed by atoms with Gasteiger partial charge in [-0.05, 0) is 76.2 Å². The van der Waals surface area contributed by atoms with Crippen molar-refractivity contribution in [2.45, 2.75) is 18.5 Å². The summed E-state index contributed by atoms with van der Waals surface area (Å²) < 4.78 is 5.43. The summed E-state index contributed by atoms with van der Waals surface area (Å²) in [5.74, 6) is -2.10. The van der Waals surface area contributed by atoms with E-state index in [4.69, 9.17) is 23.2 Å². The minimum atomic E-state index is -1.24. The van der Waals surface area contributed by atoms with Crippen LogP contribution in [0.15, 0.2) is 66.7 Å². The molecule has 4 rings (SSSR count). The topological polar surface area (TPSA) is 105 Å². The highest BCUT2D eigenvalue weighted by Gasteiger charge is 2.43. The van der Waals surface area contributed by atoms with E-state index in [2.05, 4.69) is 38.0 Å². The average molecular weight is 666 g/mol. The van der Waals surface area contributed by atoms with Gasteiger partial charge < -0.3 is 20.3 Å². The number of carbonyl (C=O) groups excluding carboxylic acids is 4. The van der Waals surface area contributed by atoms with Crippen LogP contribution in [0, 0.1) is 3.57 Å². The Morgan fingerprint density at radius 1 is 1.03 bits per heavy atom. The molecule has 3 amide bonds. The summed E-state index contributed by atoms with van der Waals surface area (Å²) in [5.41, 5.74) is 1.47. The fraction of sp³-hybridized carbons (Fsp3) is 0.185. The fourth-order valence-electron chi connectivity index (χ4n) is 4.18. The van der Waals surface area contributed by atoms with Crippen molar-refractivity contribution in [1.82, 2.24) is 10.2 Å². The Bertz CT molecular complexity index is 1380. The Kier molecular flexibility index (Phi) is 8.91. The molecule has 0 saturated heterocycles. The van der Waals surface area contributed by atoms with E-state index in [1.54, 1.807) is 66.7 Å². The lowest BCUT2D eigenvalue weighted by Gasteiger charge is -2.35. The molecule has 2 N–H and O–H groups in total. The number of hydrogen-bond donors (Lipinski definition) is 2. The summed E-state index contributed by atoms with van der Waals surface area (Å²) >= 11 is 14.3. The summed E-state index contributed by atoms with van der Waals surface area (Å²) in [6, 6.07) is 15.6. The number of methoxy groups -OCH3 is 1. The van der Waals surface area contributed by atoms with Crippen molar-refractivity contribution >= 4 is 75.2 Å². The number of rotatable bonds is 7. The summed E-state index contributed by atoms with van der Waals surface area (Å²) in [6.45, 7) is -0.0239. The average Bonchev–Trinajstić information content (AvgIpc) is 3.00. The standard InChI is InChI=1S/C27H22Cl2IN3O5/c1-38-22(34)12-13-31-25(35)23(15-2-6-17(28)7-3-15)33-24(16-4-8-18(29)9-5-16)26(36)32-21-11-10-19(30)14-20(21)27(33)37/h2-11,14,23-24H,12-13H2,1H3,(H,31,35)(H,32,36). The van der Waals surface area contributed by atoms with Crippen molar-refractivity contribution in [1.29, 1.82) is 0 Å². The molecule has 1 aliphatic rings. The maximum atomic E-state index is 14.2. The highest BCUT2D eigenvalue weighted by atomic mass is 127. The van der Waals surface area contributed by atoms with Gasteiger partial charge in [0.05, 0.1) is 24.8 Å². The molecule has 8 nitrogen and oxygen atoms in total. The van der Waals surface area contributed by atoms with Gasteiger partial charge in [-0.25, -0.2) is 0 Å². The number of ether oxygens (including phenoxy) is 1. The molecule has 0 spiro atoms. The first-order valence-electron chi connectivity index (χ1n) is 11.5. The fourth-order valence-corrected chi connectivity index (χ4v) is 4.92. The molecular formula is C27H22Cl2IN3O5. The number of nitrogens with zero attached hydrogens (tertiary/aromatic N) is 1. The molecule has 2 atom stereocenters. The van der Waals surface area contributed by atoms with E-state index in [1.165, 1.54) is 12.0 Å². The van der Waals surface area contributed by atoms with Crippen LogP contribution >= 0.6 is 45.8 Å². The normalized spacial score (nSPS) is 15.7. The maximum Gasteiger partial charge on any atom is 0.307 e. The number of hydrogen-bond acceptors (Lipinski definition) is 5. The van der Waals surface area contributed by atoms with Gasteiger partial charge in [0, 0.05) is 20.2 Å². The van der Waals surface area contributed by atoms with Gasteiger partial charge in [-0.3, -0.25) is 19.2 Å². The van der Waals surface area contributed by atoms with Crippen LogP contribution in [0.1, 0.15) is 40.0 Å². The van der Waals surface area contributed by atoms with Gasteiger partial charge in [0.15, 0.2) is 0 Å². The Morgan fingerprint density at radius 2 is 1.66 bits per heavy atom. The number of amides is 3. The zero-order valence-corrected chi connectivity index (χ0v) is 23.7. The number of benzene rings is 3. The number of anilines is 1. The smallest absolute Gasteiger partial charge is 0.307 e. The van der Waals surface area contributed by atoms with Crippen LogP contribution in [-0.2, 0) is 19.1 Å². The molecule has 3 aromatic rings. The monoisotopic (exact) mass is 665 g/mol. The van der Waals surface area contributed by atoms with Crippen LogP contribution in [0.2, 0.25) is 10.0 Å². The molecule has 0 aromatic heterocycles. The zero-order valence-electron chi connectivity index (χ0n) is 20.0. The van der Waals surface area contributed by atoms with Crippen molar-refractivity contribution in [3.63, 3.8) is 0 Å². The first-order chi connectivity index (χ1) is 18.2. The van der Waals surface area contributed by atoms with E-state index in [9.17, 15) is 19.2 Å². The Morgan fingerprint density at radius 3 is 2.29 bits per heavy atom. The van der Waals surface area contributed by atoms with Gasteiger partial charge in [0.1, 0.15) is 12.1 Å². The predicted octanol–water partition coefficient (Wildman–Crippen LogP) is 5.15. The van der Waals surface area contributed by atoms with Crippen molar-refractivity contribution in [3.8, 4) is 0 Å². The second-order valence-electron chi connectivity index (χ2n) is 8.42. The maximum absolute atomic E-state index is 14.2. The van der Waals surface area contributed by atoms with Crippen LogP contribution in [0.5, 0.6) is 0 Å². The molecule has 0 aliphatic carbocycles. The van der Waals surface area contributed by atoms with Crippen molar-refractivity contribution < 1.29 is 23.9 Å². The van der Waals surface area contributed by atoms with E-state index < -0.39 is 35.8 Å². The highest BCUT2D eigenvalue weighted by molar-refractivity contribution is 14.1. The summed E-state index contributed by atoms with van der Waals surface area (Å²) in [5, 5.41) is 6.44. The lowest BCUT2D eigenvalue weighted by Crippen LogP contribution is -2.47. The molecule has 196 valence electrons. The van der Waals surface area contributed by atoms with Crippen molar-refractivity contribution in [3.05, 3.63) is 97.0 Å². The minimum absolute atomic E-state index is 0.0239. The van der Waals surface area contributed by atoms with E-state index >= 15 is 0 Å². The van der Waals surface area contributed by atoms with Gasteiger partial charge in [-0.2, -0.15) is 0 Å². The molecular weight excluding hydrogens is 644 g/mol. The summed E-state index contributed by atoms with van der Waals surface area (Å²) in [4.78, 5) is 54.5. The molecule has 1 heterocycles. The summed E-state index contributed by atoms with van der Waals surface area (Å²) in [7, 11) is 1.25. The number of carbonyl (C=O) groups is 4. The third-order valence-electron chi connectivity index (χ3n) is 5.98. The second kappa shape index (κ2) is 12.1. The number of nitrogens with one attached hydrogen (secondary N) is 2. The second-order valence-corrected chi connectivity index (χ2v) is 10.5.